The van der Waals surface area contributed by atoms with E-state index in [2.05, 4.69) is 14.8 Å². The molecule has 0 bridgehead atoms. The third kappa shape index (κ3) is 10.7. The van der Waals surface area contributed by atoms with Gasteiger partial charge in [0.15, 0.2) is 0 Å². The van der Waals surface area contributed by atoms with E-state index < -0.39 is 48.4 Å². The summed E-state index contributed by atoms with van der Waals surface area (Å²) < 4.78 is 8.52. The van der Waals surface area contributed by atoms with Crippen LogP contribution in [-0.2, 0) is 45.7 Å². The number of ether oxygens (including phenoxy) is 1. The zero-order chi connectivity index (χ0) is 43.1. The van der Waals surface area contributed by atoms with Crippen LogP contribution in [0.25, 0.3) is 11.3 Å². The van der Waals surface area contributed by atoms with Crippen LogP contribution < -0.4 is 10.1 Å². The lowest BCUT2D eigenvalue weighted by atomic mass is 9.97. The number of benzene rings is 3. The van der Waals surface area contributed by atoms with Crippen molar-refractivity contribution in [1.82, 2.24) is 34.5 Å². The Kier molecular flexibility index (Phi) is 14.9. The molecule has 13 nitrogen and oxygen atoms in total. The number of likely N-dealkylation sites (N-methyl/N-ethyl adjacent to an activating group) is 2. The van der Waals surface area contributed by atoms with Crippen LogP contribution in [0.2, 0.25) is 10.0 Å². The Morgan fingerprint density at radius 2 is 1.57 bits per heavy atom. The fourth-order valence-electron chi connectivity index (χ4n) is 7.92. The van der Waals surface area contributed by atoms with Crippen molar-refractivity contribution in [3.05, 3.63) is 99.9 Å². The van der Waals surface area contributed by atoms with Gasteiger partial charge >= 0.3 is 0 Å². The van der Waals surface area contributed by atoms with Gasteiger partial charge in [-0.15, -0.1) is 0 Å². The average molecular weight is 861 g/mol. The first kappa shape index (κ1) is 44.6. The molecule has 2 saturated heterocycles. The predicted octanol–water partition coefficient (Wildman–Crippen LogP) is 5.93. The Morgan fingerprint density at radius 1 is 0.883 bits per heavy atom. The number of hydrogen-bond acceptors (Lipinski definition) is 8. The smallest absolute Gasteiger partial charge is 0.247 e. The van der Waals surface area contributed by atoms with Crippen LogP contribution in [0.5, 0.6) is 11.5 Å². The summed E-state index contributed by atoms with van der Waals surface area (Å²) in [5.74, 6) is -0.648. The Hall–Kier alpha value is -4.95. The van der Waals surface area contributed by atoms with E-state index in [1.807, 2.05) is 56.6 Å². The Balaban J connectivity index is 1.24. The molecule has 320 valence electrons. The standard InChI is InChI=1S/C45H55Cl2N7O6/c1-6-31-22-42(56)54(29(2)43(57)49-38(28-55)45(59)51(4)36(26-50(3)44(31)58)21-30-9-14-34(46)15-10-30)25-33-11-16-35(47)23-40(33)60-37-17-12-32(13-18-37)39-24-48-41(52(39)5)27-53-19-7-8-20-53/h9-18,23-24,29,31,36,38,55H,6-8,19-22,25-28H2,1-5H3,(H,49,57)/t29-,31+,36+,38-/m0/s1. The van der Waals surface area contributed by atoms with Crippen LogP contribution in [0.1, 0.15) is 56.5 Å². The maximum absolute atomic E-state index is 14.4. The van der Waals surface area contributed by atoms with Gasteiger partial charge in [-0.2, -0.15) is 0 Å². The molecule has 2 fully saturated rings. The average Bonchev–Trinajstić information content (AvgIpc) is 3.90. The second kappa shape index (κ2) is 20.1. The molecule has 0 spiro atoms. The topological polar surface area (TPSA) is 141 Å². The minimum absolute atomic E-state index is 0.0753. The highest BCUT2D eigenvalue weighted by Crippen LogP contribution is 2.32. The Labute approximate surface area is 362 Å². The van der Waals surface area contributed by atoms with E-state index in [0.717, 1.165) is 42.3 Å². The monoisotopic (exact) mass is 859 g/mol. The van der Waals surface area contributed by atoms with Crippen molar-refractivity contribution < 1.29 is 29.0 Å². The molecule has 2 aliphatic heterocycles. The van der Waals surface area contributed by atoms with E-state index in [4.69, 9.17) is 32.9 Å². The van der Waals surface area contributed by atoms with Crippen molar-refractivity contribution in [2.45, 2.75) is 77.2 Å². The van der Waals surface area contributed by atoms with E-state index in [-0.39, 0.29) is 25.4 Å². The van der Waals surface area contributed by atoms with Crippen molar-refractivity contribution in [2.24, 2.45) is 13.0 Å². The molecule has 0 radical (unpaired) electrons. The third-order valence-electron chi connectivity index (χ3n) is 11.8. The lowest BCUT2D eigenvalue weighted by Gasteiger charge is -2.37. The molecular formula is C45H55Cl2N7O6. The summed E-state index contributed by atoms with van der Waals surface area (Å²) in [5, 5.41) is 14.1. The normalized spacial score (nSPS) is 21.4. The Bertz CT molecular complexity index is 2140. The predicted molar refractivity (Wildman–Crippen MR) is 231 cm³/mol. The van der Waals surface area contributed by atoms with Crippen LogP contribution in [0.15, 0.2) is 72.9 Å². The molecule has 6 rings (SSSR count). The first-order valence-corrected chi connectivity index (χ1v) is 21.3. The fraction of sp³-hybridized carbons (Fsp3) is 0.444. The van der Waals surface area contributed by atoms with E-state index >= 15 is 0 Å². The largest absolute Gasteiger partial charge is 0.457 e. The maximum Gasteiger partial charge on any atom is 0.247 e. The van der Waals surface area contributed by atoms with Gasteiger partial charge in [0.25, 0.3) is 0 Å². The molecule has 1 aromatic heterocycles. The molecule has 60 heavy (non-hydrogen) atoms. The molecule has 0 unspecified atom stereocenters. The number of halogens is 2. The van der Waals surface area contributed by atoms with E-state index in [9.17, 15) is 24.3 Å². The van der Waals surface area contributed by atoms with Crippen molar-refractivity contribution in [1.29, 1.82) is 0 Å². The van der Waals surface area contributed by atoms with Gasteiger partial charge in [0.05, 0.1) is 37.6 Å². The molecule has 3 aromatic carbocycles. The van der Waals surface area contributed by atoms with Gasteiger partial charge in [0.1, 0.15) is 29.4 Å². The van der Waals surface area contributed by atoms with Crippen LogP contribution >= 0.6 is 23.2 Å². The van der Waals surface area contributed by atoms with Gasteiger partial charge in [0.2, 0.25) is 23.6 Å². The summed E-state index contributed by atoms with van der Waals surface area (Å²) in [6.07, 6.45) is 4.91. The van der Waals surface area contributed by atoms with Gasteiger partial charge in [-0.3, -0.25) is 24.1 Å². The lowest BCUT2D eigenvalue weighted by Crippen LogP contribution is -2.58. The molecule has 2 N–H and O–H groups in total. The number of rotatable bonds is 11. The minimum atomic E-state index is -1.30. The molecule has 2 aliphatic rings. The number of hydrogen-bond donors (Lipinski definition) is 2. The summed E-state index contributed by atoms with van der Waals surface area (Å²) in [6.45, 7) is 5.79. The molecule has 0 aliphatic carbocycles. The summed E-state index contributed by atoms with van der Waals surface area (Å²) >= 11 is 12.6. The highest BCUT2D eigenvalue weighted by molar-refractivity contribution is 6.31. The van der Waals surface area contributed by atoms with E-state index in [1.165, 1.54) is 22.6 Å². The van der Waals surface area contributed by atoms with E-state index in [0.29, 0.717) is 39.9 Å². The SMILES string of the molecule is CC[C@@H]1CC(=O)N(Cc2ccc(Cl)cc2Oc2ccc(-c3cnc(CN4CCCC4)n3C)cc2)[C@@H](C)C(=O)N[C@@H](CO)C(=O)N(C)[C@H](Cc2ccc(Cl)cc2)CN(C)C1=O. The van der Waals surface area contributed by atoms with Crippen LogP contribution in [-0.4, -0.2) is 116 Å². The number of imidazole rings is 1. The number of nitrogens with one attached hydrogen (secondary N) is 1. The fourth-order valence-corrected chi connectivity index (χ4v) is 8.20. The molecular weight excluding hydrogens is 805 g/mol. The van der Waals surface area contributed by atoms with Gasteiger partial charge in [-0.1, -0.05) is 48.3 Å². The van der Waals surface area contributed by atoms with Crippen LogP contribution in [0.3, 0.4) is 0 Å². The summed E-state index contributed by atoms with van der Waals surface area (Å²) in [6, 6.07) is 17.0. The number of aliphatic hydroxyl groups excluding tert-OH is 1. The van der Waals surface area contributed by atoms with Crippen LogP contribution in [0, 0.1) is 5.92 Å². The number of carbonyl (C=O) groups is 4. The Morgan fingerprint density at radius 3 is 2.23 bits per heavy atom. The number of nitrogens with zero attached hydrogens (tertiary/aromatic N) is 6. The van der Waals surface area contributed by atoms with Gasteiger partial charge < -0.3 is 34.4 Å². The van der Waals surface area contributed by atoms with Crippen molar-refractivity contribution in [2.75, 3.05) is 40.3 Å². The van der Waals surface area contributed by atoms with Crippen molar-refractivity contribution in [3.8, 4) is 22.8 Å². The third-order valence-corrected chi connectivity index (χ3v) is 12.3. The molecule has 4 atom stereocenters. The number of carbonyl (C=O) groups excluding carboxylic acids is 4. The quantitative estimate of drug-likeness (QED) is 0.189. The van der Waals surface area contributed by atoms with E-state index in [1.54, 1.807) is 56.3 Å². The van der Waals surface area contributed by atoms with Gasteiger partial charge in [0, 0.05) is 61.2 Å². The summed E-state index contributed by atoms with van der Waals surface area (Å²) in [7, 11) is 5.28. The molecule has 4 amide bonds. The number of aromatic nitrogens is 2. The molecule has 0 saturated carbocycles. The zero-order valence-corrected chi connectivity index (χ0v) is 36.5. The summed E-state index contributed by atoms with van der Waals surface area (Å²) in [5.41, 5.74) is 3.40. The lowest BCUT2D eigenvalue weighted by molar-refractivity contribution is -0.147. The first-order valence-electron chi connectivity index (χ1n) is 20.5. The minimum Gasteiger partial charge on any atom is -0.457 e. The highest BCUT2D eigenvalue weighted by atomic mass is 35.5. The number of aliphatic hydroxyl groups is 1. The molecule has 3 heterocycles. The van der Waals surface area contributed by atoms with Crippen molar-refractivity contribution >= 4 is 46.8 Å². The molecule has 15 heteroatoms. The first-order chi connectivity index (χ1) is 28.8. The van der Waals surface area contributed by atoms with Crippen LogP contribution in [0.4, 0.5) is 0 Å². The van der Waals surface area contributed by atoms with Gasteiger partial charge in [-0.05, 0) is 99.8 Å². The second-order valence-electron chi connectivity index (χ2n) is 15.9. The number of likely N-dealkylation sites (tertiary alicyclic amines) is 1. The number of amides is 4. The second-order valence-corrected chi connectivity index (χ2v) is 16.8. The van der Waals surface area contributed by atoms with Crippen molar-refractivity contribution in [3.63, 3.8) is 0 Å². The summed E-state index contributed by atoms with van der Waals surface area (Å²) in [4.78, 5) is 67.8. The zero-order valence-electron chi connectivity index (χ0n) is 34.9. The van der Waals surface area contributed by atoms with Gasteiger partial charge in [-0.25, -0.2) is 4.98 Å². The maximum atomic E-state index is 14.4. The molecule has 4 aromatic rings. The highest BCUT2D eigenvalue weighted by Gasteiger charge is 2.36.